The summed E-state index contributed by atoms with van der Waals surface area (Å²) in [5.74, 6) is -0.706. The molecule has 1 saturated heterocycles. The van der Waals surface area contributed by atoms with Crippen LogP contribution in [0.5, 0.6) is 0 Å². The molecule has 1 fully saturated rings. The Labute approximate surface area is 235 Å². The first-order valence-electron chi connectivity index (χ1n) is 12.9. The number of fused-ring (bicyclic) bond motifs is 1. The zero-order chi connectivity index (χ0) is 28.6. The van der Waals surface area contributed by atoms with Crippen LogP contribution in [0.4, 0.5) is 11.6 Å². The number of pyridine rings is 1. The van der Waals surface area contributed by atoms with Gasteiger partial charge in [0.2, 0.25) is 5.95 Å². The number of carbonyl (C=O) groups excluding carboxylic acids is 1. The summed E-state index contributed by atoms with van der Waals surface area (Å²) in [7, 11) is 1.70. The molecule has 1 aliphatic heterocycles. The summed E-state index contributed by atoms with van der Waals surface area (Å²) in [5.41, 5.74) is 2.74. The molecule has 40 heavy (non-hydrogen) atoms. The van der Waals surface area contributed by atoms with E-state index < -0.39 is 12.0 Å². The van der Waals surface area contributed by atoms with Crippen molar-refractivity contribution in [1.29, 1.82) is 0 Å². The number of nitrogens with zero attached hydrogens (tertiary/aromatic N) is 5. The summed E-state index contributed by atoms with van der Waals surface area (Å²) in [6.07, 6.45) is 0. The molecule has 10 nitrogen and oxygen atoms in total. The molecule has 0 aliphatic carbocycles. The number of aromatic nitrogens is 3. The minimum Gasteiger partial charge on any atom is -0.476 e. The Morgan fingerprint density at radius 3 is 2.40 bits per heavy atom. The predicted molar refractivity (Wildman–Crippen MR) is 155 cm³/mol. The summed E-state index contributed by atoms with van der Waals surface area (Å²) in [5, 5.41) is 13.4. The maximum absolute atomic E-state index is 13.5. The molecule has 1 aliphatic rings. The van der Waals surface area contributed by atoms with Gasteiger partial charge < -0.3 is 20.2 Å². The SMILES string of the molecule is Cc1cc([C@@H](C)Nc2ccc(Cl)nc2C(=O)O)c2nc(N3CCN(C(=O)c4ccccc4)CC3)n(C)c(=O)c2c1. The minimum absolute atomic E-state index is 0.0179. The molecular formula is C29H29ClN6O4. The zero-order valence-corrected chi connectivity index (χ0v) is 23.1. The number of halogens is 1. The smallest absolute Gasteiger partial charge is 0.356 e. The van der Waals surface area contributed by atoms with E-state index in [-0.39, 0.29) is 22.3 Å². The second-order valence-electron chi connectivity index (χ2n) is 9.87. The number of carbonyl (C=O) groups is 2. The Balaban J connectivity index is 1.47. The standard InChI is InChI=1S/C29H29ClN6O4/c1-17-15-20(18(2)31-22-9-10-23(30)32-25(22)28(39)40)24-21(16-17)27(38)34(3)29(33-24)36-13-11-35(12-14-36)26(37)19-7-5-4-6-8-19/h4-10,15-16,18,31H,11-14H2,1-3H3,(H,39,40)/t18-/m1/s1. The van der Waals surface area contributed by atoms with Crippen LogP contribution < -0.4 is 15.8 Å². The van der Waals surface area contributed by atoms with Gasteiger partial charge in [-0.2, -0.15) is 0 Å². The van der Waals surface area contributed by atoms with Gasteiger partial charge in [0.05, 0.1) is 22.6 Å². The number of anilines is 2. The summed E-state index contributed by atoms with van der Waals surface area (Å²) in [6, 6.07) is 15.6. The van der Waals surface area contributed by atoms with Crippen molar-refractivity contribution in [1.82, 2.24) is 19.4 Å². The third-order valence-corrected chi connectivity index (χ3v) is 7.31. The summed E-state index contributed by atoms with van der Waals surface area (Å²) >= 11 is 5.92. The third kappa shape index (κ3) is 5.22. The third-order valence-electron chi connectivity index (χ3n) is 7.10. The number of nitrogens with one attached hydrogen (secondary N) is 1. The lowest BCUT2D eigenvalue weighted by Crippen LogP contribution is -2.50. The van der Waals surface area contributed by atoms with Gasteiger partial charge in [-0.25, -0.2) is 14.8 Å². The Bertz CT molecular complexity index is 1670. The number of piperazine rings is 1. The van der Waals surface area contributed by atoms with E-state index in [1.54, 1.807) is 17.7 Å². The molecule has 2 aromatic heterocycles. The topological polar surface area (TPSA) is 121 Å². The van der Waals surface area contributed by atoms with Gasteiger partial charge >= 0.3 is 5.97 Å². The van der Waals surface area contributed by atoms with Crippen LogP contribution in [0.3, 0.4) is 0 Å². The van der Waals surface area contributed by atoms with Gasteiger partial charge in [-0.3, -0.25) is 14.2 Å². The van der Waals surface area contributed by atoms with Crippen LogP contribution >= 0.6 is 11.6 Å². The number of carboxylic acids is 1. The van der Waals surface area contributed by atoms with Crippen molar-refractivity contribution in [3.05, 3.63) is 92.5 Å². The van der Waals surface area contributed by atoms with Crippen molar-refractivity contribution >= 4 is 46.0 Å². The number of aromatic carboxylic acids is 1. The van der Waals surface area contributed by atoms with Gasteiger partial charge in [0.1, 0.15) is 5.15 Å². The van der Waals surface area contributed by atoms with Crippen LogP contribution in [0.2, 0.25) is 5.15 Å². The van der Waals surface area contributed by atoms with Crippen molar-refractivity contribution in [3.63, 3.8) is 0 Å². The van der Waals surface area contributed by atoms with Crippen LogP contribution in [0, 0.1) is 6.92 Å². The van der Waals surface area contributed by atoms with Gasteiger partial charge in [0.15, 0.2) is 5.69 Å². The van der Waals surface area contributed by atoms with E-state index in [9.17, 15) is 19.5 Å². The molecule has 0 spiro atoms. The van der Waals surface area contributed by atoms with E-state index in [0.717, 1.165) is 11.1 Å². The largest absolute Gasteiger partial charge is 0.476 e. The summed E-state index contributed by atoms with van der Waals surface area (Å²) in [4.78, 5) is 50.9. The average molecular weight is 561 g/mol. The van der Waals surface area contributed by atoms with Crippen molar-refractivity contribution in [2.45, 2.75) is 19.9 Å². The van der Waals surface area contributed by atoms with Gasteiger partial charge in [-0.15, -0.1) is 0 Å². The van der Waals surface area contributed by atoms with Gasteiger partial charge in [-0.05, 0) is 49.7 Å². The molecule has 1 amide bonds. The molecule has 2 aromatic carbocycles. The van der Waals surface area contributed by atoms with E-state index in [1.807, 2.05) is 66.1 Å². The fourth-order valence-corrected chi connectivity index (χ4v) is 5.20. The Morgan fingerprint density at radius 1 is 1.02 bits per heavy atom. The van der Waals surface area contributed by atoms with E-state index in [4.69, 9.17) is 16.6 Å². The van der Waals surface area contributed by atoms with Crippen molar-refractivity contribution in [2.24, 2.45) is 7.05 Å². The molecule has 3 heterocycles. The molecule has 4 aromatic rings. The Hall–Kier alpha value is -4.44. The lowest BCUT2D eigenvalue weighted by molar-refractivity contribution is 0.0690. The maximum Gasteiger partial charge on any atom is 0.356 e. The van der Waals surface area contributed by atoms with Gasteiger partial charge in [-0.1, -0.05) is 35.9 Å². The predicted octanol–water partition coefficient (Wildman–Crippen LogP) is 4.12. The van der Waals surface area contributed by atoms with E-state index >= 15 is 0 Å². The second kappa shape index (κ2) is 11.0. The van der Waals surface area contributed by atoms with Crippen LogP contribution in [0.15, 0.2) is 59.4 Å². The highest BCUT2D eigenvalue weighted by Crippen LogP contribution is 2.29. The summed E-state index contributed by atoms with van der Waals surface area (Å²) in [6.45, 7) is 5.83. The zero-order valence-electron chi connectivity index (χ0n) is 22.4. The number of benzene rings is 2. The van der Waals surface area contributed by atoms with Crippen LogP contribution in [-0.4, -0.2) is 62.6 Å². The highest BCUT2D eigenvalue weighted by molar-refractivity contribution is 6.29. The van der Waals surface area contributed by atoms with Gasteiger partial charge in [0.25, 0.3) is 11.5 Å². The van der Waals surface area contributed by atoms with E-state index in [0.29, 0.717) is 54.3 Å². The molecule has 2 N–H and O–H groups in total. The number of aryl methyl sites for hydroxylation is 1. The number of hydrogen-bond donors (Lipinski definition) is 2. The first-order valence-corrected chi connectivity index (χ1v) is 13.3. The molecule has 0 radical (unpaired) electrons. The number of rotatable bonds is 6. The number of carboxylic acid groups (broad SMARTS) is 1. The van der Waals surface area contributed by atoms with Crippen LogP contribution in [0.1, 0.15) is 44.9 Å². The summed E-state index contributed by atoms with van der Waals surface area (Å²) < 4.78 is 1.55. The van der Waals surface area contributed by atoms with Crippen molar-refractivity contribution in [3.8, 4) is 0 Å². The van der Waals surface area contributed by atoms with E-state index in [1.165, 1.54) is 6.07 Å². The second-order valence-corrected chi connectivity index (χ2v) is 10.3. The lowest BCUT2D eigenvalue weighted by Gasteiger charge is -2.36. The molecule has 11 heteroatoms. The quantitative estimate of drug-likeness (QED) is 0.338. The Morgan fingerprint density at radius 2 is 1.73 bits per heavy atom. The maximum atomic E-state index is 13.5. The average Bonchev–Trinajstić information content (AvgIpc) is 2.95. The highest BCUT2D eigenvalue weighted by atomic mass is 35.5. The molecule has 0 unspecified atom stereocenters. The van der Waals surface area contributed by atoms with E-state index in [2.05, 4.69) is 10.3 Å². The molecule has 0 bridgehead atoms. The minimum atomic E-state index is -1.20. The first-order chi connectivity index (χ1) is 19.1. The first kappa shape index (κ1) is 27.1. The monoisotopic (exact) mass is 560 g/mol. The molecule has 206 valence electrons. The Kier molecular flexibility index (Phi) is 7.44. The molecule has 5 rings (SSSR count). The van der Waals surface area contributed by atoms with Crippen molar-refractivity contribution in [2.75, 3.05) is 36.4 Å². The van der Waals surface area contributed by atoms with Gasteiger partial charge in [0, 0.05) is 44.4 Å². The number of amides is 1. The fraction of sp³-hybridized carbons (Fsp3) is 0.276. The highest BCUT2D eigenvalue weighted by Gasteiger charge is 2.26. The van der Waals surface area contributed by atoms with Crippen LogP contribution in [0.25, 0.3) is 10.9 Å². The normalized spacial score (nSPS) is 14.3. The fourth-order valence-electron chi connectivity index (χ4n) is 5.05. The van der Waals surface area contributed by atoms with Crippen molar-refractivity contribution < 1.29 is 14.7 Å². The molecule has 0 saturated carbocycles. The number of hydrogen-bond acceptors (Lipinski definition) is 7. The molecular weight excluding hydrogens is 532 g/mol. The molecule has 1 atom stereocenters. The van der Waals surface area contributed by atoms with Crippen LogP contribution in [-0.2, 0) is 7.05 Å². The lowest BCUT2D eigenvalue weighted by atomic mass is 10.0.